The summed E-state index contributed by atoms with van der Waals surface area (Å²) < 4.78 is 0. The van der Waals surface area contributed by atoms with E-state index in [2.05, 4.69) is 16.8 Å². The largest absolute Gasteiger partial charge is 0.152 e. The average molecular weight is 161 g/mol. The second kappa shape index (κ2) is 3.23. The SMILES string of the molecule is CC(Cl)Cc1ccsc1. The van der Waals surface area contributed by atoms with E-state index in [9.17, 15) is 0 Å². The Morgan fingerprint density at radius 3 is 3.00 bits per heavy atom. The maximum atomic E-state index is 5.77. The van der Waals surface area contributed by atoms with Crippen LogP contribution >= 0.6 is 22.9 Å². The number of hydrogen-bond acceptors (Lipinski definition) is 1. The molecular formula is C7H9ClS. The zero-order valence-electron chi connectivity index (χ0n) is 5.30. The summed E-state index contributed by atoms with van der Waals surface area (Å²) in [5, 5.41) is 4.48. The summed E-state index contributed by atoms with van der Waals surface area (Å²) >= 11 is 7.50. The van der Waals surface area contributed by atoms with Crippen LogP contribution < -0.4 is 0 Å². The number of halogens is 1. The number of alkyl halides is 1. The van der Waals surface area contributed by atoms with E-state index in [1.165, 1.54) is 5.56 Å². The second-order valence-corrected chi connectivity index (χ2v) is 3.64. The summed E-state index contributed by atoms with van der Waals surface area (Å²) in [6, 6.07) is 2.11. The Labute approximate surface area is 64.5 Å². The molecule has 0 bridgehead atoms. The summed E-state index contributed by atoms with van der Waals surface area (Å²) in [6.45, 7) is 2.01. The highest BCUT2D eigenvalue weighted by Gasteiger charge is 1.97. The molecule has 0 spiro atoms. The molecule has 2 heteroatoms. The van der Waals surface area contributed by atoms with Crippen molar-refractivity contribution in [3.8, 4) is 0 Å². The van der Waals surface area contributed by atoms with Crippen LogP contribution in [0.25, 0.3) is 0 Å². The monoisotopic (exact) mass is 160 g/mol. The minimum absolute atomic E-state index is 0.264. The van der Waals surface area contributed by atoms with E-state index in [1.807, 2.05) is 6.92 Å². The minimum Gasteiger partial charge on any atom is -0.152 e. The first-order valence-corrected chi connectivity index (χ1v) is 4.32. The summed E-state index contributed by atoms with van der Waals surface area (Å²) in [5.74, 6) is 0. The van der Waals surface area contributed by atoms with Gasteiger partial charge in [0.25, 0.3) is 0 Å². The lowest BCUT2D eigenvalue weighted by Gasteiger charge is -1.96. The van der Waals surface area contributed by atoms with Crippen molar-refractivity contribution in [3.63, 3.8) is 0 Å². The second-order valence-electron chi connectivity index (χ2n) is 2.12. The molecule has 0 amide bonds. The molecule has 0 radical (unpaired) electrons. The third kappa shape index (κ3) is 2.37. The van der Waals surface area contributed by atoms with Crippen LogP contribution in [0, 0.1) is 0 Å². The van der Waals surface area contributed by atoms with E-state index < -0.39 is 0 Å². The zero-order valence-corrected chi connectivity index (χ0v) is 6.88. The fraction of sp³-hybridized carbons (Fsp3) is 0.429. The van der Waals surface area contributed by atoms with Crippen LogP contribution in [0.3, 0.4) is 0 Å². The molecule has 1 aromatic rings. The van der Waals surface area contributed by atoms with E-state index >= 15 is 0 Å². The molecule has 1 rings (SSSR count). The lowest BCUT2D eigenvalue weighted by molar-refractivity contribution is 0.936. The molecule has 0 saturated carbocycles. The summed E-state index contributed by atoms with van der Waals surface area (Å²) in [6.07, 6.45) is 0.991. The van der Waals surface area contributed by atoms with Crippen LogP contribution in [0.4, 0.5) is 0 Å². The molecule has 1 heterocycles. The third-order valence-corrected chi connectivity index (χ3v) is 1.98. The standard InChI is InChI=1S/C7H9ClS/c1-6(8)4-7-2-3-9-5-7/h2-3,5-6H,4H2,1H3. The topological polar surface area (TPSA) is 0 Å². The van der Waals surface area contributed by atoms with Crippen LogP contribution in [0.15, 0.2) is 16.8 Å². The Morgan fingerprint density at radius 2 is 2.56 bits per heavy atom. The lowest BCUT2D eigenvalue weighted by Crippen LogP contribution is -1.93. The van der Waals surface area contributed by atoms with E-state index in [4.69, 9.17) is 11.6 Å². The molecule has 0 aliphatic rings. The van der Waals surface area contributed by atoms with Gasteiger partial charge < -0.3 is 0 Å². The van der Waals surface area contributed by atoms with E-state index in [1.54, 1.807) is 11.3 Å². The molecule has 50 valence electrons. The Bertz CT molecular complexity index is 155. The molecule has 0 saturated heterocycles. The highest BCUT2D eigenvalue weighted by Crippen LogP contribution is 2.10. The van der Waals surface area contributed by atoms with Crippen LogP contribution in [-0.4, -0.2) is 5.38 Å². The van der Waals surface area contributed by atoms with Crippen LogP contribution in [0.5, 0.6) is 0 Å². The number of rotatable bonds is 2. The first-order chi connectivity index (χ1) is 4.29. The highest BCUT2D eigenvalue weighted by molar-refractivity contribution is 7.07. The first kappa shape index (κ1) is 7.10. The predicted molar refractivity (Wildman–Crippen MR) is 43.3 cm³/mol. The summed E-state index contributed by atoms with van der Waals surface area (Å²) in [7, 11) is 0. The Kier molecular flexibility index (Phi) is 2.55. The lowest BCUT2D eigenvalue weighted by atomic mass is 10.2. The van der Waals surface area contributed by atoms with Crippen LogP contribution in [-0.2, 0) is 6.42 Å². The predicted octanol–water partition coefficient (Wildman–Crippen LogP) is 2.92. The van der Waals surface area contributed by atoms with E-state index in [0.29, 0.717) is 0 Å². The number of thiophene rings is 1. The van der Waals surface area contributed by atoms with Crippen molar-refractivity contribution >= 4 is 22.9 Å². The van der Waals surface area contributed by atoms with Crippen molar-refractivity contribution in [1.82, 2.24) is 0 Å². The fourth-order valence-electron chi connectivity index (χ4n) is 0.734. The van der Waals surface area contributed by atoms with Gasteiger partial charge in [0.05, 0.1) is 0 Å². The Morgan fingerprint density at radius 1 is 1.78 bits per heavy atom. The van der Waals surface area contributed by atoms with Gasteiger partial charge in [-0.2, -0.15) is 11.3 Å². The maximum Gasteiger partial charge on any atom is 0.0348 e. The molecule has 9 heavy (non-hydrogen) atoms. The van der Waals surface area contributed by atoms with Gasteiger partial charge in [0.1, 0.15) is 0 Å². The van der Waals surface area contributed by atoms with Crippen LogP contribution in [0.1, 0.15) is 12.5 Å². The Balaban J connectivity index is 2.48. The third-order valence-electron chi connectivity index (χ3n) is 1.10. The quantitative estimate of drug-likeness (QED) is 0.584. The van der Waals surface area contributed by atoms with E-state index in [-0.39, 0.29) is 5.38 Å². The molecular weight excluding hydrogens is 152 g/mol. The Hall–Kier alpha value is -0.0100. The summed E-state index contributed by atoms with van der Waals surface area (Å²) in [4.78, 5) is 0. The number of hydrogen-bond donors (Lipinski definition) is 0. The molecule has 1 aromatic heterocycles. The molecule has 0 aromatic carbocycles. The van der Waals surface area contributed by atoms with Crippen molar-refractivity contribution in [2.75, 3.05) is 0 Å². The summed E-state index contributed by atoms with van der Waals surface area (Å²) in [5.41, 5.74) is 1.35. The zero-order chi connectivity index (χ0) is 6.69. The molecule has 1 atom stereocenters. The van der Waals surface area contributed by atoms with E-state index in [0.717, 1.165) is 6.42 Å². The molecule has 1 unspecified atom stereocenters. The van der Waals surface area contributed by atoms with Gasteiger partial charge in [0.2, 0.25) is 0 Å². The van der Waals surface area contributed by atoms with Crippen molar-refractivity contribution in [1.29, 1.82) is 0 Å². The fourth-order valence-corrected chi connectivity index (χ4v) is 1.59. The average Bonchev–Trinajstić information content (AvgIpc) is 2.15. The minimum atomic E-state index is 0.264. The van der Waals surface area contributed by atoms with Crippen molar-refractivity contribution in [3.05, 3.63) is 22.4 Å². The van der Waals surface area contributed by atoms with Gasteiger partial charge in [0.15, 0.2) is 0 Å². The molecule has 0 aliphatic heterocycles. The van der Waals surface area contributed by atoms with Crippen LogP contribution in [0.2, 0.25) is 0 Å². The molecule has 0 nitrogen and oxygen atoms in total. The highest BCUT2D eigenvalue weighted by atomic mass is 35.5. The van der Waals surface area contributed by atoms with Gasteiger partial charge in [-0.3, -0.25) is 0 Å². The van der Waals surface area contributed by atoms with Gasteiger partial charge in [-0.05, 0) is 35.7 Å². The smallest absolute Gasteiger partial charge is 0.0348 e. The maximum absolute atomic E-state index is 5.77. The van der Waals surface area contributed by atoms with Gasteiger partial charge >= 0.3 is 0 Å². The first-order valence-electron chi connectivity index (χ1n) is 2.94. The molecule has 0 aliphatic carbocycles. The van der Waals surface area contributed by atoms with Crippen molar-refractivity contribution in [2.24, 2.45) is 0 Å². The van der Waals surface area contributed by atoms with Gasteiger partial charge in [-0.25, -0.2) is 0 Å². The molecule has 0 fully saturated rings. The van der Waals surface area contributed by atoms with Crippen molar-refractivity contribution in [2.45, 2.75) is 18.7 Å². The van der Waals surface area contributed by atoms with Crippen molar-refractivity contribution < 1.29 is 0 Å². The van der Waals surface area contributed by atoms with Gasteiger partial charge in [0, 0.05) is 5.38 Å². The van der Waals surface area contributed by atoms with Gasteiger partial charge in [-0.1, -0.05) is 0 Å². The van der Waals surface area contributed by atoms with Gasteiger partial charge in [-0.15, -0.1) is 11.6 Å². The normalized spacial score (nSPS) is 13.6. The molecule has 0 N–H and O–H groups in total.